The second-order valence-corrected chi connectivity index (χ2v) is 4.19. The molecule has 2 aromatic carbocycles. The van der Waals surface area contributed by atoms with Crippen LogP contribution in [0.25, 0.3) is 0 Å². The summed E-state index contributed by atoms with van der Waals surface area (Å²) in [6.07, 6.45) is 2.05. The minimum Gasteiger partial charge on any atom is -0.748 e. The number of aromatic nitrogens is 2. The van der Waals surface area contributed by atoms with Crippen LogP contribution < -0.4 is 0 Å². The molecule has 0 aliphatic carbocycles. The van der Waals surface area contributed by atoms with Gasteiger partial charge in [-0.3, -0.25) is 9.89 Å². The van der Waals surface area contributed by atoms with Crippen molar-refractivity contribution >= 4 is 6.47 Å². The molecule has 0 fully saturated rings. The average molecular weight is 324 g/mol. The molecule has 1 aromatic heterocycles. The number of ether oxygens (including phenoxy) is 1. The molecule has 1 unspecified atom stereocenters. The first-order valence-corrected chi connectivity index (χ1v) is 6.36. The molecule has 3 aromatic rings. The van der Waals surface area contributed by atoms with E-state index in [2.05, 4.69) is 10.2 Å². The van der Waals surface area contributed by atoms with Gasteiger partial charge in [-0.2, -0.15) is 17.2 Å². The third-order valence-corrected chi connectivity index (χ3v) is 2.80. The number of aromatic amines is 1. The van der Waals surface area contributed by atoms with E-state index in [-0.39, 0.29) is 23.2 Å². The molecule has 0 bridgehead atoms. The molecule has 4 nitrogen and oxygen atoms in total. The van der Waals surface area contributed by atoms with Gasteiger partial charge in [-0.1, -0.05) is 0 Å². The molecule has 0 saturated carbocycles. The van der Waals surface area contributed by atoms with E-state index in [1.807, 2.05) is 60.7 Å². The fraction of sp³-hybridized carbons (Fsp3) is 0.125. The van der Waals surface area contributed by atoms with Crippen molar-refractivity contribution in [1.82, 2.24) is 10.2 Å². The third-order valence-electron chi connectivity index (χ3n) is 2.80. The van der Waals surface area contributed by atoms with Gasteiger partial charge in [0.1, 0.15) is 0 Å². The van der Waals surface area contributed by atoms with Gasteiger partial charge in [0, 0.05) is 35.4 Å². The Labute approximate surface area is 134 Å². The molecule has 0 radical (unpaired) electrons. The minimum absolute atomic E-state index is 0. The van der Waals surface area contributed by atoms with Crippen LogP contribution in [0.3, 0.4) is 0 Å². The van der Waals surface area contributed by atoms with E-state index in [9.17, 15) is 4.79 Å². The van der Waals surface area contributed by atoms with Gasteiger partial charge in [0.2, 0.25) is 0 Å². The number of nitrogens with zero attached hydrogens (tertiary/aromatic N) is 1. The Bertz CT molecular complexity index is 542. The zero-order valence-electron chi connectivity index (χ0n) is 11.3. The molecule has 0 aliphatic rings. The standard InChI is InChI=1S/C11H11N2O2.C5H5.Fe/c14-8-15-11(9-3-1-2-4-9)7-10-5-6-12-13-10;1-2-4-5-3-1;/h1-6,8,11H,7H2,(H,12,13);1-5H;/q-1;-5;. The van der Waals surface area contributed by atoms with E-state index in [0.29, 0.717) is 12.9 Å². The summed E-state index contributed by atoms with van der Waals surface area (Å²) < 4.78 is 5.03. The van der Waals surface area contributed by atoms with Crippen LogP contribution in [-0.4, -0.2) is 16.7 Å². The van der Waals surface area contributed by atoms with Gasteiger partial charge < -0.3 is 35.1 Å². The van der Waals surface area contributed by atoms with Crippen LogP contribution in [0.5, 0.6) is 0 Å². The molecular formula is C16H16FeN2O2-6. The average Bonchev–Trinajstić information content (AvgIpc) is 3.22. The largest absolute Gasteiger partial charge is 0.748 e. The predicted molar refractivity (Wildman–Crippen MR) is 76.3 cm³/mol. The number of carbonyl (C=O) groups is 1. The SMILES string of the molecule is O=COC(Cc1ccn[nH]1)[c-]1cccc1.[Fe].[cH-]1[cH-][cH-][cH-][cH-]1. The van der Waals surface area contributed by atoms with Gasteiger partial charge in [0.05, 0.1) is 6.10 Å². The second kappa shape index (κ2) is 9.75. The van der Waals surface area contributed by atoms with Gasteiger partial charge in [0.25, 0.3) is 6.47 Å². The first-order chi connectivity index (χ1) is 9.90. The van der Waals surface area contributed by atoms with Crippen molar-refractivity contribution < 1.29 is 26.6 Å². The summed E-state index contributed by atoms with van der Waals surface area (Å²) in [5.41, 5.74) is 1.94. The Kier molecular flexibility index (Phi) is 7.87. The summed E-state index contributed by atoms with van der Waals surface area (Å²) in [6.45, 7) is 0.480. The normalized spacial score (nSPS) is 10.7. The maximum atomic E-state index is 10.4. The predicted octanol–water partition coefficient (Wildman–Crippen LogP) is 2.99. The van der Waals surface area contributed by atoms with E-state index in [0.717, 1.165) is 11.3 Å². The molecule has 0 aliphatic heterocycles. The maximum Gasteiger partial charge on any atom is 0.292 e. The van der Waals surface area contributed by atoms with E-state index in [4.69, 9.17) is 4.74 Å². The minimum atomic E-state index is -0.238. The molecule has 21 heavy (non-hydrogen) atoms. The van der Waals surface area contributed by atoms with Gasteiger partial charge in [-0.15, -0.1) is 5.56 Å². The van der Waals surface area contributed by atoms with Crippen LogP contribution in [0.2, 0.25) is 0 Å². The third kappa shape index (κ3) is 5.81. The van der Waals surface area contributed by atoms with Crippen LogP contribution in [-0.2, 0) is 33.0 Å². The fourth-order valence-corrected chi connectivity index (χ4v) is 1.83. The first kappa shape index (κ1) is 17.0. The number of nitrogens with one attached hydrogen (secondary N) is 1. The summed E-state index contributed by atoms with van der Waals surface area (Å²) in [7, 11) is 0. The zero-order valence-corrected chi connectivity index (χ0v) is 12.4. The zero-order chi connectivity index (χ0) is 14.0. The van der Waals surface area contributed by atoms with Gasteiger partial charge in [-0.25, -0.2) is 12.1 Å². The molecule has 1 heterocycles. The van der Waals surface area contributed by atoms with E-state index in [1.165, 1.54) is 0 Å². The topological polar surface area (TPSA) is 55.0 Å². The van der Waals surface area contributed by atoms with Crippen LogP contribution in [0, 0.1) is 0 Å². The summed E-state index contributed by atoms with van der Waals surface area (Å²) in [5.74, 6) is 0. The molecule has 0 saturated heterocycles. The van der Waals surface area contributed by atoms with Crippen molar-refractivity contribution in [2.24, 2.45) is 0 Å². The Morgan fingerprint density at radius 1 is 1.24 bits per heavy atom. The van der Waals surface area contributed by atoms with Crippen LogP contribution in [0.15, 0.2) is 66.9 Å². The van der Waals surface area contributed by atoms with Crippen molar-refractivity contribution in [3.8, 4) is 0 Å². The Morgan fingerprint density at radius 2 is 1.86 bits per heavy atom. The number of hydrogen-bond donors (Lipinski definition) is 1. The van der Waals surface area contributed by atoms with Crippen LogP contribution >= 0.6 is 0 Å². The smallest absolute Gasteiger partial charge is 0.292 e. The number of carbonyl (C=O) groups excluding carboxylic acids is 1. The van der Waals surface area contributed by atoms with Crippen molar-refractivity contribution in [2.75, 3.05) is 0 Å². The van der Waals surface area contributed by atoms with E-state index in [1.54, 1.807) is 6.20 Å². The molecule has 1 atom stereocenters. The Balaban J connectivity index is 0.000000313. The molecular weight excluding hydrogens is 308 g/mol. The van der Waals surface area contributed by atoms with Crippen molar-refractivity contribution in [1.29, 1.82) is 0 Å². The molecule has 3 rings (SSSR count). The van der Waals surface area contributed by atoms with Gasteiger partial charge >= 0.3 is 0 Å². The Morgan fingerprint density at radius 3 is 2.33 bits per heavy atom. The second-order valence-electron chi connectivity index (χ2n) is 4.19. The quantitative estimate of drug-likeness (QED) is 0.446. The summed E-state index contributed by atoms with van der Waals surface area (Å²) in [4.78, 5) is 10.4. The van der Waals surface area contributed by atoms with Gasteiger partial charge in [0.15, 0.2) is 0 Å². The number of rotatable bonds is 5. The molecule has 1 N–H and O–H groups in total. The van der Waals surface area contributed by atoms with E-state index < -0.39 is 0 Å². The van der Waals surface area contributed by atoms with E-state index >= 15 is 0 Å². The monoisotopic (exact) mass is 324 g/mol. The first-order valence-electron chi connectivity index (χ1n) is 6.36. The summed E-state index contributed by atoms with van der Waals surface area (Å²) >= 11 is 0. The maximum absolute atomic E-state index is 10.4. The Hall–Kier alpha value is -2.10. The van der Waals surface area contributed by atoms with Crippen LogP contribution in [0.4, 0.5) is 0 Å². The van der Waals surface area contributed by atoms with Crippen molar-refractivity contribution in [2.45, 2.75) is 12.5 Å². The number of hydrogen-bond acceptors (Lipinski definition) is 3. The molecule has 0 spiro atoms. The fourth-order valence-electron chi connectivity index (χ4n) is 1.83. The van der Waals surface area contributed by atoms with Gasteiger partial charge in [-0.05, 0) is 6.07 Å². The number of H-pyrrole nitrogens is 1. The van der Waals surface area contributed by atoms with Crippen LogP contribution in [0.1, 0.15) is 17.4 Å². The molecule has 5 heteroatoms. The summed E-state index contributed by atoms with van der Waals surface area (Å²) in [5, 5.41) is 6.69. The molecule has 0 amide bonds. The van der Waals surface area contributed by atoms with Crippen molar-refractivity contribution in [3.63, 3.8) is 0 Å². The molecule has 116 valence electrons. The van der Waals surface area contributed by atoms with Crippen molar-refractivity contribution in [3.05, 3.63) is 78.1 Å². The summed E-state index contributed by atoms with van der Waals surface area (Å²) in [6, 6.07) is 19.6.